The maximum atomic E-state index is 10.7. The number of aliphatic hydroxyl groups is 1. The van der Waals surface area contributed by atoms with E-state index < -0.39 is 5.60 Å². The molecule has 4 heteroatoms. The average molecular weight is 269 g/mol. The number of ether oxygens (including phenoxy) is 1. The fraction of sp³-hybridized carbons (Fsp3) is 0.786. The van der Waals surface area contributed by atoms with E-state index in [1.807, 2.05) is 0 Å². The molecule has 1 fully saturated rings. The maximum Gasteiger partial charge on any atom is 0.0957 e. The zero-order chi connectivity index (χ0) is 13.4. The van der Waals surface area contributed by atoms with Gasteiger partial charge in [-0.05, 0) is 0 Å². The van der Waals surface area contributed by atoms with Crippen LogP contribution in [0.4, 0.5) is 0 Å². The fourth-order valence-corrected chi connectivity index (χ4v) is 3.31. The summed E-state index contributed by atoms with van der Waals surface area (Å²) in [5.74, 6) is 0.174. The van der Waals surface area contributed by atoms with Gasteiger partial charge in [-0.3, -0.25) is 0 Å². The number of nitrogens with zero attached hydrogens (tertiary/aromatic N) is 1. The Morgan fingerprint density at radius 2 is 2.28 bits per heavy atom. The predicted molar refractivity (Wildman–Crippen MR) is 74.1 cm³/mol. The summed E-state index contributed by atoms with van der Waals surface area (Å²) < 4.78 is 5.40. The molecule has 1 aliphatic heterocycles. The van der Waals surface area contributed by atoms with Crippen LogP contribution < -0.4 is 0 Å². The van der Waals surface area contributed by atoms with Gasteiger partial charge in [-0.2, -0.15) is 0 Å². The number of hydrogen-bond acceptors (Lipinski definition) is 4. The minimum atomic E-state index is -0.648. The number of aromatic nitrogens is 1. The van der Waals surface area contributed by atoms with Gasteiger partial charge < -0.3 is 9.84 Å². The Hall–Kier alpha value is -0.450. The van der Waals surface area contributed by atoms with Crippen LogP contribution in [0.1, 0.15) is 44.8 Å². The van der Waals surface area contributed by atoms with Gasteiger partial charge in [0, 0.05) is 36.2 Å². The highest BCUT2D eigenvalue weighted by Crippen LogP contribution is 2.32. The Kier molecular flexibility index (Phi) is 3.81. The van der Waals surface area contributed by atoms with Gasteiger partial charge >= 0.3 is 0 Å². The van der Waals surface area contributed by atoms with Crippen molar-refractivity contribution in [2.75, 3.05) is 13.2 Å². The highest BCUT2D eigenvalue weighted by molar-refractivity contribution is 7.09. The first-order valence-electron chi connectivity index (χ1n) is 6.56. The number of thiazole rings is 1. The van der Waals surface area contributed by atoms with Crippen molar-refractivity contribution in [2.24, 2.45) is 5.92 Å². The van der Waals surface area contributed by atoms with Gasteiger partial charge in [0.25, 0.3) is 0 Å². The van der Waals surface area contributed by atoms with E-state index in [-0.39, 0.29) is 11.3 Å². The van der Waals surface area contributed by atoms with Crippen molar-refractivity contribution in [3.63, 3.8) is 0 Å². The van der Waals surface area contributed by atoms with Crippen LogP contribution in [0.3, 0.4) is 0 Å². The zero-order valence-electron chi connectivity index (χ0n) is 11.7. The topological polar surface area (TPSA) is 42.4 Å². The van der Waals surface area contributed by atoms with E-state index in [1.54, 1.807) is 11.3 Å². The molecule has 102 valence electrons. The van der Waals surface area contributed by atoms with E-state index in [9.17, 15) is 5.11 Å². The molecule has 0 bridgehead atoms. The van der Waals surface area contributed by atoms with E-state index >= 15 is 0 Å². The minimum absolute atomic E-state index is 0.0820. The molecule has 1 aliphatic rings. The molecule has 0 aliphatic carbocycles. The van der Waals surface area contributed by atoms with Crippen LogP contribution in [0.15, 0.2) is 5.38 Å². The van der Waals surface area contributed by atoms with Crippen molar-refractivity contribution in [3.8, 4) is 0 Å². The van der Waals surface area contributed by atoms with Crippen LogP contribution >= 0.6 is 11.3 Å². The zero-order valence-corrected chi connectivity index (χ0v) is 12.5. The first-order chi connectivity index (χ1) is 8.31. The molecule has 2 atom stereocenters. The molecule has 1 saturated heterocycles. The van der Waals surface area contributed by atoms with Crippen molar-refractivity contribution in [1.82, 2.24) is 4.98 Å². The molecule has 2 rings (SSSR count). The van der Waals surface area contributed by atoms with Crippen LogP contribution in [0.5, 0.6) is 0 Å². The third-order valence-electron chi connectivity index (χ3n) is 3.74. The molecular formula is C14H23NO2S. The second kappa shape index (κ2) is 4.91. The molecular weight excluding hydrogens is 246 g/mol. The van der Waals surface area contributed by atoms with Crippen molar-refractivity contribution in [3.05, 3.63) is 16.1 Å². The second-order valence-electron chi connectivity index (χ2n) is 6.38. The van der Waals surface area contributed by atoms with Gasteiger partial charge in [0.15, 0.2) is 0 Å². The van der Waals surface area contributed by atoms with Gasteiger partial charge in [0.05, 0.1) is 22.9 Å². The molecule has 18 heavy (non-hydrogen) atoms. The fourth-order valence-electron chi connectivity index (χ4n) is 2.17. The maximum absolute atomic E-state index is 10.7. The Morgan fingerprint density at radius 3 is 2.83 bits per heavy atom. The molecule has 0 aromatic carbocycles. The van der Waals surface area contributed by atoms with E-state index in [1.165, 1.54) is 0 Å². The Morgan fingerprint density at radius 1 is 1.56 bits per heavy atom. The Balaban J connectivity index is 2.11. The molecule has 0 spiro atoms. The lowest BCUT2D eigenvalue weighted by molar-refractivity contribution is -0.105. The van der Waals surface area contributed by atoms with E-state index in [0.29, 0.717) is 26.1 Å². The standard InChI is InChI=1S/C14H23NO2S/c1-10-8-17-6-5-14(10,16)7-12-15-11(9-18-12)13(2,3)4/h9-10,16H,5-8H2,1-4H3. The Labute approximate surface area is 113 Å². The lowest BCUT2D eigenvalue weighted by atomic mass is 9.82. The third-order valence-corrected chi connectivity index (χ3v) is 4.59. The first-order valence-corrected chi connectivity index (χ1v) is 7.44. The summed E-state index contributed by atoms with van der Waals surface area (Å²) in [5, 5.41) is 13.8. The quantitative estimate of drug-likeness (QED) is 0.897. The lowest BCUT2D eigenvalue weighted by Crippen LogP contribution is -2.45. The van der Waals surface area contributed by atoms with E-state index in [2.05, 4.69) is 38.1 Å². The van der Waals surface area contributed by atoms with Crippen LogP contribution in [0.25, 0.3) is 0 Å². The van der Waals surface area contributed by atoms with Crippen molar-refractivity contribution in [1.29, 1.82) is 0 Å². The number of hydrogen-bond donors (Lipinski definition) is 1. The van der Waals surface area contributed by atoms with Gasteiger partial charge in [0.1, 0.15) is 0 Å². The molecule has 1 aromatic heterocycles. The molecule has 3 nitrogen and oxygen atoms in total. The monoisotopic (exact) mass is 269 g/mol. The van der Waals surface area contributed by atoms with Crippen LogP contribution in [-0.4, -0.2) is 28.9 Å². The molecule has 2 heterocycles. The summed E-state index contributed by atoms with van der Waals surface area (Å²) in [6.45, 7) is 9.84. The smallest absolute Gasteiger partial charge is 0.0957 e. The van der Waals surface area contributed by atoms with Crippen molar-refractivity contribution in [2.45, 2.75) is 51.6 Å². The average Bonchev–Trinajstić information content (AvgIpc) is 2.70. The Bertz CT molecular complexity index is 410. The summed E-state index contributed by atoms with van der Waals surface area (Å²) in [7, 11) is 0. The predicted octanol–water partition coefficient (Wildman–Crippen LogP) is 2.77. The summed E-state index contributed by atoms with van der Waals surface area (Å²) in [4.78, 5) is 4.67. The number of rotatable bonds is 2. The highest BCUT2D eigenvalue weighted by atomic mass is 32.1. The second-order valence-corrected chi connectivity index (χ2v) is 7.33. The third kappa shape index (κ3) is 2.92. The first kappa shape index (κ1) is 14.0. The summed E-state index contributed by atoms with van der Waals surface area (Å²) >= 11 is 1.66. The highest BCUT2D eigenvalue weighted by Gasteiger charge is 2.37. The summed E-state index contributed by atoms with van der Waals surface area (Å²) in [6, 6.07) is 0. The summed E-state index contributed by atoms with van der Waals surface area (Å²) in [6.07, 6.45) is 1.36. The van der Waals surface area contributed by atoms with Crippen molar-refractivity contribution >= 4 is 11.3 Å². The lowest BCUT2D eigenvalue weighted by Gasteiger charge is -2.37. The van der Waals surface area contributed by atoms with Gasteiger partial charge in [0.2, 0.25) is 0 Å². The SMILES string of the molecule is CC1COCCC1(O)Cc1nc(C(C)(C)C)cs1. The van der Waals surface area contributed by atoms with Gasteiger partial charge in [-0.25, -0.2) is 4.98 Å². The molecule has 1 N–H and O–H groups in total. The molecule has 2 unspecified atom stereocenters. The normalized spacial score (nSPS) is 29.5. The van der Waals surface area contributed by atoms with Crippen molar-refractivity contribution < 1.29 is 9.84 Å². The molecule has 0 amide bonds. The molecule has 0 saturated carbocycles. The minimum Gasteiger partial charge on any atom is -0.389 e. The summed E-state index contributed by atoms with van der Waals surface area (Å²) in [5.41, 5.74) is 0.551. The van der Waals surface area contributed by atoms with E-state index in [0.717, 1.165) is 10.7 Å². The van der Waals surface area contributed by atoms with E-state index in [4.69, 9.17) is 4.74 Å². The largest absolute Gasteiger partial charge is 0.389 e. The van der Waals surface area contributed by atoms with Crippen LogP contribution in [0.2, 0.25) is 0 Å². The molecule has 1 aromatic rings. The van der Waals surface area contributed by atoms with Crippen LogP contribution in [-0.2, 0) is 16.6 Å². The molecule has 0 radical (unpaired) electrons. The van der Waals surface area contributed by atoms with Gasteiger partial charge in [-0.15, -0.1) is 11.3 Å². The van der Waals surface area contributed by atoms with Gasteiger partial charge in [-0.1, -0.05) is 27.7 Å². The van der Waals surface area contributed by atoms with Crippen LogP contribution in [0, 0.1) is 5.92 Å².